The van der Waals surface area contributed by atoms with Crippen LogP contribution in [0.1, 0.15) is 79.5 Å². The van der Waals surface area contributed by atoms with E-state index in [4.69, 9.17) is 4.52 Å². The van der Waals surface area contributed by atoms with Gasteiger partial charge in [0.15, 0.2) is 5.82 Å². The molecule has 1 saturated heterocycles. The SMILES string of the molecule is C=Cc1c(/C(=C\C)c2ccc(C)cc2)ncnc1N1CCC(c2nc(C(C)C)no2)CC1. The van der Waals surface area contributed by atoms with Gasteiger partial charge < -0.3 is 9.42 Å². The van der Waals surface area contributed by atoms with Crippen LogP contribution in [0.2, 0.25) is 0 Å². The van der Waals surface area contributed by atoms with Crippen LogP contribution in [0.5, 0.6) is 0 Å². The van der Waals surface area contributed by atoms with Gasteiger partial charge in [0, 0.05) is 36.1 Å². The second-order valence-electron chi connectivity index (χ2n) is 8.64. The molecule has 4 rings (SSSR count). The second-order valence-corrected chi connectivity index (χ2v) is 8.64. The maximum absolute atomic E-state index is 5.54. The monoisotopic (exact) mass is 429 g/mol. The van der Waals surface area contributed by atoms with E-state index in [9.17, 15) is 0 Å². The fourth-order valence-electron chi connectivity index (χ4n) is 4.20. The number of aryl methyl sites for hydroxylation is 1. The number of allylic oxidation sites excluding steroid dienone is 1. The third-order valence-electron chi connectivity index (χ3n) is 6.09. The van der Waals surface area contributed by atoms with Crippen LogP contribution in [0.25, 0.3) is 11.6 Å². The molecule has 0 spiro atoms. The molecule has 32 heavy (non-hydrogen) atoms. The summed E-state index contributed by atoms with van der Waals surface area (Å²) in [6.07, 6.45) is 7.54. The molecule has 0 saturated carbocycles. The third kappa shape index (κ3) is 4.35. The van der Waals surface area contributed by atoms with Gasteiger partial charge in [0.05, 0.1) is 5.69 Å². The summed E-state index contributed by atoms with van der Waals surface area (Å²) in [6.45, 7) is 14.1. The van der Waals surface area contributed by atoms with E-state index < -0.39 is 0 Å². The van der Waals surface area contributed by atoms with Crippen molar-refractivity contribution in [2.24, 2.45) is 0 Å². The van der Waals surface area contributed by atoms with E-state index in [1.165, 1.54) is 5.56 Å². The molecule has 1 fully saturated rings. The van der Waals surface area contributed by atoms with E-state index in [-0.39, 0.29) is 5.92 Å². The molecule has 3 heterocycles. The van der Waals surface area contributed by atoms with Crippen LogP contribution in [0.15, 0.2) is 47.8 Å². The lowest BCUT2D eigenvalue weighted by Gasteiger charge is -2.32. The van der Waals surface area contributed by atoms with Crippen molar-refractivity contribution in [3.8, 4) is 0 Å². The van der Waals surface area contributed by atoms with Crippen LogP contribution in [0, 0.1) is 6.92 Å². The summed E-state index contributed by atoms with van der Waals surface area (Å²) in [5.74, 6) is 3.04. The van der Waals surface area contributed by atoms with E-state index in [1.54, 1.807) is 6.33 Å². The summed E-state index contributed by atoms with van der Waals surface area (Å²) >= 11 is 0. The Kier molecular flexibility index (Phi) is 6.49. The van der Waals surface area contributed by atoms with Gasteiger partial charge in [-0.05, 0) is 32.3 Å². The molecule has 1 aliphatic rings. The molecule has 0 radical (unpaired) electrons. The van der Waals surface area contributed by atoms with Gasteiger partial charge in [0.25, 0.3) is 0 Å². The molecular formula is C26H31N5O. The predicted molar refractivity (Wildman–Crippen MR) is 129 cm³/mol. The van der Waals surface area contributed by atoms with Crippen molar-refractivity contribution in [2.75, 3.05) is 18.0 Å². The number of benzene rings is 1. The van der Waals surface area contributed by atoms with Crippen molar-refractivity contribution in [1.29, 1.82) is 0 Å². The second kappa shape index (κ2) is 9.47. The summed E-state index contributed by atoms with van der Waals surface area (Å²) < 4.78 is 5.54. The Morgan fingerprint density at radius 1 is 1.16 bits per heavy atom. The predicted octanol–water partition coefficient (Wildman–Crippen LogP) is 5.77. The minimum Gasteiger partial charge on any atom is -0.356 e. The summed E-state index contributed by atoms with van der Waals surface area (Å²) in [5.41, 5.74) is 5.35. The van der Waals surface area contributed by atoms with Gasteiger partial charge in [-0.1, -0.05) is 67.6 Å². The Bertz CT molecular complexity index is 1110. The summed E-state index contributed by atoms with van der Waals surface area (Å²) in [7, 11) is 0. The van der Waals surface area contributed by atoms with Crippen LogP contribution in [0.4, 0.5) is 5.82 Å². The average Bonchev–Trinajstić information content (AvgIpc) is 3.31. The summed E-state index contributed by atoms with van der Waals surface area (Å²) in [4.78, 5) is 16.2. The third-order valence-corrected chi connectivity index (χ3v) is 6.09. The number of hydrogen-bond acceptors (Lipinski definition) is 6. The van der Waals surface area contributed by atoms with Crippen molar-refractivity contribution in [3.63, 3.8) is 0 Å². The lowest BCUT2D eigenvalue weighted by atomic mass is 9.95. The molecule has 0 unspecified atom stereocenters. The summed E-state index contributed by atoms with van der Waals surface area (Å²) in [5, 5.41) is 4.13. The van der Waals surface area contributed by atoms with E-state index in [0.29, 0.717) is 5.92 Å². The van der Waals surface area contributed by atoms with E-state index in [2.05, 4.69) is 82.7 Å². The maximum atomic E-state index is 5.54. The zero-order valence-electron chi connectivity index (χ0n) is 19.4. The first-order valence-corrected chi connectivity index (χ1v) is 11.3. The smallest absolute Gasteiger partial charge is 0.229 e. The number of nitrogens with zero attached hydrogens (tertiary/aromatic N) is 5. The molecule has 1 aliphatic heterocycles. The highest BCUT2D eigenvalue weighted by Crippen LogP contribution is 2.34. The molecule has 3 aromatic rings. The molecule has 0 aliphatic carbocycles. The first kappa shape index (κ1) is 21.9. The van der Waals surface area contributed by atoms with Gasteiger partial charge in [-0.2, -0.15) is 4.98 Å². The highest BCUT2D eigenvalue weighted by atomic mass is 16.5. The minimum atomic E-state index is 0.275. The quantitative estimate of drug-likeness (QED) is 0.495. The molecule has 6 nitrogen and oxygen atoms in total. The lowest BCUT2D eigenvalue weighted by molar-refractivity contribution is 0.325. The molecule has 0 N–H and O–H groups in total. The van der Waals surface area contributed by atoms with Gasteiger partial charge in [0.1, 0.15) is 12.1 Å². The molecule has 1 aromatic carbocycles. The van der Waals surface area contributed by atoms with Gasteiger partial charge >= 0.3 is 0 Å². The van der Waals surface area contributed by atoms with E-state index in [1.807, 2.05) is 13.0 Å². The highest BCUT2D eigenvalue weighted by Gasteiger charge is 2.28. The van der Waals surface area contributed by atoms with Gasteiger partial charge in [-0.3, -0.25) is 0 Å². The van der Waals surface area contributed by atoms with Crippen LogP contribution < -0.4 is 4.90 Å². The Morgan fingerprint density at radius 3 is 2.47 bits per heavy atom. The largest absolute Gasteiger partial charge is 0.356 e. The number of hydrogen-bond donors (Lipinski definition) is 0. The van der Waals surface area contributed by atoms with Crippen molar-refractivity contribution < 1.29 is 4.52 Å². The number of aromatic nitrogens is 4. The number of rotatable bonds is 6. The van der Waals surface area contributed by atoms with Crippen LogP contribution in [-0.2, 0) is 0 Å². The average molecular weight is 430 g/mol. The molecule has 2 aromatic heterocycles. The van der Waals surface area contributed by atoms with E-state index in [0.717, 1.165) is 65.9 Å². The molecule has 0 amide bonds. The van der Waals surface area contributed by atoms with Crippen LogP contribution >= 0.6 is 0 Å². The normalized spacial score (nSPS) is 15.4. The first-order chi connectivity index (χ1) is 15.5. The van der Waals surface area contributed by atoms with E-state index >= 15 is 0 Å². The Balaban J connectivity index is 1.57. The first-order valence-electron chi connectivity index (χ1n) is 11.3. The van der Waals surface area contributed by atoms with Gasteiger partial charge in [0.2, 0.25) is 5.89 Å². The molecule has 0 bridgehead atoms. The van der Waals surface area contributed by atoms with Crippen LogP contribution in [-0.4, -0.2) is 33.2 Å². The van der Waals surface area contributed by atoms with Crippen molar-refractivity contribution in [1.82, 2.24) is 20.1 Å². The molecule has 0 atom stereocenters. The fourth-order valence-corrected chi connectivity index (χ4v) is 4.20. The van der Waals surface area contributed by atoms with Crippen molar-refractivity contribution >= 4 is 17.5 Å². The van der Waals surface area contributed by atoms with Crippen LogP contribution in [0.3, 0.4) is 0 Å². The number of anilines is 1. The Morgan fingerprint density at radius 2 is 1.88 bits per heavy atom. The Labute approximate surface area is 190 Å². The number of piperidine rings is 1. The zero-order valence-corrected chi connectivity index (χ0v) is 19.4. The zero-order chi connectivity index (χ0) is 22.7. The lowest BCUT2D eigenvalue weighted by Crippen LogP contribution is -2.34. The standard InChI is InChI=1S/C26H31N5O/c1-6-21(19-10-8-18(5)9-11-19)23-22(7-2)25(28-16-27-23)31-14-12-20(13-15-31)26-29-24(17(3)4)30-32-26/h6-11,16-17,20H,2,12-15H2,1,3-5H3/b21-6-. The highest BCUT2D eigenvalue weighted by molar-refractivity contribution is 5.85. The molecule has 166 valence electrons. The minimum absolute atomic E-state index is 0.275. The summed E-state index contributed by atoms with van der Waals surface area (Å²) in [6, 6.07) is 8.53. The molecule has 6 heteroatoms. The van der Waals surface area contributed by atoms with Gasteiger partial charge in [-0.25, -0.2) is 9.97 Å². The maximum Gasteiger partial charge on any atom is 0.229 e. The van der Waals surface area contributed by atoms with Crippen molar-refractivity contribution in [2.45, 2.75) is 52.4 Å². The van der Waals surface area contributed by atoms with Gasteiger partial charge in [-0.15, -0.1) is 0 Å². The molecular weight excluding hydrogens is 398 g/mol. The Hall–Kier alpha value is -3.28. The fraction of sp³-hybridized carbons (Fsp3) is 0.385. The van der Waals surface area contributed by atoms with Crippen molar-refractivity contribution in [3.05, 3.63) is 77.3 Å². The topological polar surface area (TPSA) is 67.9 Å².